The van der Waals surface area contributed by atoms with Crippen LogP contribution in [0.3, 0.4) is 0 Å². The molecule has 2 aromatic heterocycles. The number of Topliss-reactive ketones (excluding diaryl/α,β-unsaturated/α-hetero) is 1. The first kappa shape index (κ1) is 17.9. The van der Waals surface area contributed by atoms with Crippen LogP contribution in [-0.4, -0.2) is 33.8 Å². The van der Waals surface area contributed by atoms with E-state index < -0.39 is 0 Å². The van der Waals surface area contributed by atoms with Crippen LogP contribution in [0, 0.1) is 13.8 Å². The van der Waals surface area contributed by atoms with Gasteiger partial charge in [0, 0.05) is 5.56 Å². The number of hydrogen-bond donors (Lipinski definition) is 0. The summed E-state index contributed by atoms with van der Waals surface area (Å²) < 4.78 is 10.7. The summed E-state index contributed by atoms with van der Waals surface area (Å²) >= 11 is 8.73. The van der Waals surface area contributed by atoms with Gasteiger partial charge in [-0.25, -0.2) is 4.98 Å². The highest BCUT2D eigenvalue weighted by Gasteiger charge is 2.17. The molecule has 0 aliphatic carbocycles. The molecule has 0 aliphatic heterocycles. The van der Waals surface area contributed by atoms with Crippen molar-refractivity contribution < 1.29 is 13.9 Å². The molecule has 0 saturated carbocycles. The summed E-state index contributed by atoms with van der Waals surface area (Å²) in [6.07, 6.45) is 0. The van der Waals surface area contributed by atoms with Crippen LogP contribution in [0.1, 0.15) is 21.1 Å². The number of aryl methyl sites for hydroxylation is 2. The maximum absolute atomic E-state index is 12.3. The van der Waals surface area contributed by atoms with E-state index in [0.29, 0.717) is 27.4 Å². The molecule has 0 amide bonds. The van der Waals surface area contributed by atoms with Crippen LogP contribution < -0.4 is 4.74 Å². The highest BCUT2D eigenvalue weighted by molar-refractivity contribution is 7.99. The molecular weight excluding hydrogens is 382 g/mol. The number of aromatic nitrogens is 3. The second-order valence-corrected chi connectivity index (χ2v) is 7.62. The Hall–Kier alpha value is -1.90. The maximum Gasteiger partial charge on any atom is 0.277 e. The van der Waals surface area contributed by atoms with Crippen molar-refractivity contribution in [2.24, 2.45) is 0 Å². The number of rotatable bonds is 6. The zero-order valence-corrected chi connectivity index (χ0v) is 16.1. The fraction of sp³-hybridized carbons (Fsp3) is 0.250. The van der Waals surface area contributed by atoms with Gasteiger partial charge in [-0.15, -0.1) is 21.5 Å². The van der Waals surface area contributed by atoms with Crippen molar-refractivity contribution in [2.75, 3.05) is 12.9 Å². The summed E-state index contributed by atoms with van der Waals surface area (Å²) in [5.41, 5.74) is 1.36. The Bertz CT molecular complexity index is 923. The van der Waals surface area contributed by atoms with Crippen LogP contribution >= 0.6 is 34.7 Å². The van der Waals surface area contributed by atoms with Crippen LogP contribution in [0.5, 0.6) is 5.75 Å². The van der Waals surface area contributed by atoms with E-state index in [4.69, 9.17) is 20.8 Å². The SMILES string of the molecule is COc1ccc(C(=O)CSc2nnc(-c3sc(C)nc3C)o2)cc1Cl. The van der Waals surface area contributed by atoms with Crippen molar-refractivity contribution in [2.45, 2.75) is 19.1 Å². The third kappa shape index (κ3) is 4.02. The Kier molecular flexibility index (Phi) is 5.41. The number of thiazole rings is 1. The first-order valence-corrected chi connectivity index (χ1v) is 9.43. The average Bonchev–Trinajstić information content (AvgIpc) is 3.18. The molecule has 1 aromatic carbocycles. The van der Waals surface area contributed by atoms with Crippen LogP contribution in [0.2, 0.25) is 5.02 Å². The van der Waals surface area contributed by atoms with Gasteiger partial charge in [0.15, 0.2) is 5.78 Å². The minimum atomic E-state index is -0.0841. The number of carbonyl (C=O) groups excluding carboxylic acids is 1. The first-order chi connectivity index (χ1) is 12.0. The number of halogens is 1. The fourth-order valence-corrected chi connectivity index (χ4v) is 3.90. The molecule has 3 aromatic rings. The topological polar surface area (TPSA) is 78.1 Å². The number of hydrogen-bond acceptors (Lipinski definition) is 8. The van der Waals surface area contributed by atoms with E-state index in [2.05, 4.69) is 15.2 Å². The third-order valence-electron chi connectivity index (χ3n) is 3.30. The monoisotopic (exact) mass is 395 g/mol. The van der Waals surface area contributed by atoms with E-state index in [9.17, 15) is 4.79 Å². The summed E-state index contributed by atoms with van der Waals surface area (Å²) in [6.45, 7) is 3.82. The second kappa shape index (κ2) is 7.55. The molecule has 0 N–H and O–H groups in total. The molecule has 0 unspecified atom stereocenters. The Labute approximate surface area is 157 Å². The number of ether oxygens (including phenoxy) is 1. The average molecular weight is 396 g/mol. The van der Waals surface area contributed by atoms with Gasteiger partial charge in [0.2, 0.25) is 0 Å². The lowest BCUT2D eigenvalue weighted by Gasteiger charge is -2.04. The number of ketones is 1. The molecule has 130 valence electrons. The number of methoxy groups -OCH3 is 1. The van der Waals surface area contributed by atoms with Crippen LogP contribution in [-0.2, 0) is 0 Å². The van der Waals surface area contributed by atoms with Crippen LogP contribution in [0.25, 0.3) is 10.8 Å². The van der Waals surface area contributed by atoms with Gasteiger partial charge in [0.05, 0.1) is 28.6 Å². The Balaban J connectivity index is 1.67. The van der Waals surface area contributed by atoms with Crippen molar-refractivity contribution in [1.29, 1.82) is 0 Å². The molecular formula is C16H14ClN3O3S2. The molecule has 3 rings (SSSR count). The predicted octanol–water partition coefficient (Wildman–Crippen LogP) is 4.45. The zero-order valence-electron chi connectivity index (χ0n) is 13.7. The van der Waals surface area contributed by atoms with Gasteiger partial charge < -0.3 is 9.15 Å². The molecule has 0 spiro atoms. The van der Waals surface area contributed by atoms with Gasteiger partial charge >= 0.3 is 0 Å². The van der Waals surface area contributed by atoms with Crippen molar-refractivity contribution in [3.63, 3.8) is 0 Å². The summed E-state index contributed by atoms with van der Waals surface area (Å²) in [5, 5.41) is 9.69. The molecule has 0 aliphatic rings. The van der Waals surface area contributed by atoms with Gasteiger partial charge in [-0.2, -0.15) is 0 Å². The standard InChI is InChI=1S/C16H14ClN3O3S2/c1-8-14(25-9(2)18-8)15-19-20-16(23-15)24-7-12(21)10-4-5-13(22-3)11(17)6-10/h4-6H,7H2,1-3H3. The number of benzene rings is 1. The van der Waals surface area contributed by atoms with Crippen molar-refractivity contribution >= 4 is 40.5 Å². The van der Waals surface area contributed by atoms with Gasteiger partial charge in [-0.1, -0.05) is 23.4 Å². The fourth-order valence-electron chi connectivity index (χ4n) is 2.14. The van der Waals surface area contributed by atoms with Gasteiger partial charge in [-0.05, 0) is 32.0 Å². The van der Waals surface area contributed by atoms with Gasteiger partial charge in [0.25, 0.3) is 11.1 Å². The Morgan fingerprint density at radius 1 is 1.36 bits per heavy atom. The second-order valence-electron chi connectivity index (χ2n) is 5.08. The lowest BCUT2D eigenvalue weighted by Crippen LogP contribution is -2.02. The molecule has 25 heavy (non-hydrogen) atoms. The highest BCUT2D eigenvalue weighted by Crippen LogP contribution is 2.31. The van der Waals surface area contributed by atoms with Gasteiger partial charge in [0.1, 0.15) is 10.6 Å². The summed E-state index contributed by atoms with van der Waals surface area (Å²) in [4.78, 5) is 17.5. The van der Waals surface area contributed by atoms with Crippen molar-refractivity contribution in [1.82, 2.24) is 15.2 Å². The molecule has 0 fully saturated rings. The lowest BCUT2D eigenvalue weighted by molar-refractivity contribution is 0.102. The first-order valence-electron chi connectivity index (χ1n) is 7.25. The minimum absolute atomic E-state index is 0.0841. The number of thioether (sulfide) groups is 1. The van der Waals surface area contributed by atoms with Crippen LogP contribution in [0.4, 0.5) is 0 Å². The summed E-state index contributed by atoms with van der Waals surface area (Å²) in [7, 11) is 1.53. The van der Waals surface area contributed by atoms with E-state index >= 15 is 0 Å². The van der Waals surface area contributed by atoms with Crippen molar-refractivity contribution in [3.05, 3.63) is 39.5 Å². The van der Waals surface area contributed by atoms with E-state index in [1.807, 2.05) is 13.8 Å². The molecule has 6 nitrogen and oxygen atoms in total. The van der Waals surface area contributed by atoms with E-state index in [-0.39, 0.29) is 11.5 Å². The number of carbonyl (C=O) groups is 1. The highest BCUT2D eigenvalue weighted by atomic mass is 35.5. The molecule has 0 atom stereocenters. The quantitative estimate of drug-likeness (QED) is 0.450. The van der Waals surface area contributed by atoms with Gasteiger partial charge in [-0.3, -0.25) is 4.79 Å². The lowest BCUT2D eigenvalue weighted by atomic mass is 10.1. The molecule has 9 heteroatoms. The maximum atomic E-state index is 12.3. The normalized spacial score (nSPS) is 10.9. The predicted molar refractivity (Wildman–Crippen MR) is 97.9 cm³/mol. The molecule has 0 saturated heterocycles. The third-order valence-corrected chi connectivity index (χ3v) is 5.48. The summed E-state index contributed by atoms with van der Waals surface area (Å²) in [5.74, 6) is 1.04. The largest absolute Gasteiger partial charge is 0.495 e. The Morgan fingerprint density at radius 2 is 2.16 bits per heavy atom. The zero-order chi connectivity index (χ0) is 18.0. The minimum Gasteiger partial charge on any atom is -0.495 e. The van der Waals surface area contributed by atoms with Crippen LogP contribution in [0.15, 0.2) is 27.8 Å². The Morgan fingerprint density at radius 3 is 2.80 bits per heavy atom. The molecule has 0 radical (unpaired) electrons. The van der Waals surface area contributed by atoms with E-state index in [1.54, 1.807) is 18.2 Å². The number of nitrogens with zero attached hydrogens (tertiary/aromatic N) is 3. The van der Waals surface area contributed by atoms with E-state index in [1.165, 1.54) is 30.2 Å². The molecule has 2 heterocycles. The van der Waals surface area contributed by atoms with Crippen molar-refractivity contribution in [3.8, 4) is 16.5 Å². The van der Waals surface area contributed by atoms with E-state index in [0.717, 1.165) is 15.6 Å². The summed E-state index contributed by atoms with van der Waals surface area (Å²) in [6, 6.07) is 4.93. The smallest absolute Gasteiger partial charge is 0.277 e. The molecule has 0 bridgehead atoms.